The number of rotatable bonds is 3. The van der Waals surface area contributed by atoms with Crippen LogP contribution in [-0.4, -0.2) is 10.1 Å². The Labute approximate surface area is 97.6 Å². The fraction of sp³-hybridized carbons (Fsp3) is 0.333. The van der Waals surface area contributed by atoms with Gasteiger partial charge in [-0.25, -0.2) is 4.39 Å². The molecular formula is C12H12FN3O. The predicted octanol–water partition coefficient (Wildman–Crippen LogP) is 2.41. The normalized spacial score (nSPS) is 15.1. The van der Waals surface area contributed by atoms with Crippen LogP contribution in [0.3, 0.4) is 0 Å². The number of hydrogen-bond acceptors (Lipinski definition) is 4. The van der Waals surface area contributed by atoms with Crippen LogP contribution in [0.25, 0.3) is 11.5 Å². The number of anilines is 1. The van der Waals surface area contributed by atoms with Crippen molar-refractivity contribution in [1.29, 1.82) is 0 Å². The fourth-order valence-corrected chi connectivity index (χ4v) is 1.79. The minimum atomic E-state index is -0.438. The lowest BCUT2D eigenvalue weighted by atomic mass is 10.1. The van der Waals surface area contributed by atoms with Gasteiger partial charge in [0.15, 0.2) is 5.82 Å². The average molecular weight is 233 g/mol. The Bertz CT molecular complexity index is 528. The van der Waals surface area contributed by atoms with Crippen LogP contribution >= 0.6 is 0 Å². The topological polar surface area (TPSA) is 64.9 Å². The van der Waals surface area contributed by atoms with Crippen LogP contribution in [0.5, 0.6) is 0 Å². The molecule has 88 valence electrons. The maximum atomic E-state index is 13.6. The summed E-state index contributed by atoms with van der Waals surface area (Å²) >= 11 is 0. The van der Waals surface area contributed by atoms with E-state index in [1.54, 1.807) is 12.1 Å². The first kappa shape index (κ1) is 10.3. The quantitative estimate of drug-likeness (QED) is 0.827. The molecule has 1 aliphatic carbocycles. The molecule has 2 N–H and O–H groups in total. The summed E-state index contributed by atoms with van der Waals surface area (Å²) in [6.07, 6.45) is 3.23. The highest BCUT2D eigenvalue weighted by molar-refractivity contribution is 5.70. The van der Waals surface area contributed by atoms with E-state index < -0.39 is 5.82 Å². The van der Waals surface area contributed by atoms with Crippen molar-refractivity contribution in [2.45, 2.75) is 19.3 Å². The van der Waals surface area contributed by atoms with Gasteiger partial charge in [-0.15, -0.1) is 0 Å². The van der Waals surface area contributed by atoms with Gasteiger partial charge in [-0.1, -0.05) is 11.2 Å². The van der Waals surface area contributed by atoms with Crippen molar-refractivity contribution in [3.63, 3.8) is 0 Å². The van der Waals surface area contributed by atoms with Crippen molar-refractivity contribution in [1.82, 2.24) is 10.1 Å². The first-order valence-corrected chi connectivity index (χ1v) is 5.61. The smallest absolute Gasteiger partial charge is 0.263 e. The number of nitrogens with two attached hydrogens (primary N) is 1. The Morgan fingerprint density at radius 2 is 2.24 bits per heavy atom. The Hall–Kier alpha value is -1.91. The largest absolute Gasteiger partial charge is 0.398 e. The third-order valence-corrected chi connectivity index (χ3v) is 2.90. The van der Waals surface area contributed by atoms with Crippen LogP contribution in [0.2, 0.25) is 0 Å². The molecule has 0 bridgehead atoms. The monoisotopic (exact) mass is 233 g/mol. The van der Waals surface area contributed by atoms with Gasteiger partial charge in [0.25, 0.3) is 5.89 Å². The van der Waals surface area contributed by atoms with Crippen molar-refractivity contribution in [2.75, 3.05) is 5.73 Å². The molecule has 1 fully saturated rings. The van der Waals surface area contributed by atoms with Crippen LogP contribution in [0.1, 0.15) is 18.7 Å². The SMILES string of the molecule is Nc1cccc(F)c1-c1nc(CC2CC2)no1. The van der Waals surface area contributed by atoms with E-state index in [9.17, 15) is 4.39 Å². The van der Waals surface area contributed by atoms with E-state index in [1.165, 1.54) is 18.9 Å². The summed E-state index contributed by atoms with van der Waals surface area (Å²) in [7, 11) is 0. The van der Waals surface area contributed by atoms with Gasteiger partial charge in [-0.05, 0) is 30.9 Å². The first-order valence-electron chi connectivity index (χ1n) is 5.61. The van der Waals surface area contributed by atoms with Gasteiger partial charge < -0.3 is 10.3 Å². The summed E-state index contributed by atoms with van der Waals surface area (Å²) in [5.74, 6) is 1.02. The average Bonchev–Trinajstić information content (AvgIpc) is 2.97. The van der Waals surface area contributed by atoms with E-state index in [2.05, 4.69) is 10.1 Å². The minimum absolute atomic E-state index is 0.163. The zero-order chi connectivity index (χ0) is 11.8. The molecule has 1 saturated carbocycles. The standard InChI is InChI=1S/C12H12FN3O/c13-8-2-1-3-9(14)11(8)12-15-10(16-17-12)6-7-4-5-7/h1-3,7H,4-6,14H2. The van der Waals surface area contributed by atoms with E-state index in [0.717, 1.165) is 6.42 Å². The van der Waals surface area contributed by atoms with Crippen LogP contribution in [0.4, 0.5) is 10.1 Å². The molecule has 1 aromatic heterocycles. The first-order chi connectivity index (χ1) is 8.24. The molecular weight excluding hydrogens is 221 g/mol. The molecule has 0 spiro atoms. The van der Waals surface area contributed by atoms with E-state index >= 15 is 0 Å². The third kappa shape index (κ3) is 2.00. The van der Waals surface area contributed by atoms with E-state index in [0.29, 0.717) is 17.4 Å². The van der Waals surface area contributed by atoms with E-state index in [4.69, 9.17) is 10.3 Å². The molecule has 1 aromatic carbocycles. The summed E-state index contributed by atoms with van der Waals surface area (Å²) < 4.78 is 18.7. The van der Waals surface area contributed by atoms with Crippen molar-refractivity contribution >= 4 is 5.69 Å². The van der Waals surface area contributed by atoms with Crippen molar-refractivity contribution < 1.29 is 8.91 Å². The maximum absolute atomic E-state index is 13.6. The number of aromatic nitrogens is 2. The zero-order valence-electron chi connectivity index (χ0n) is 9.19. The van der Waals surface area contributed by atoms with Crippen LogP contribution in [0.15, 0.2) is 22.7 Å². The Kier molecular flexibility index (Phi) is 2.31. The second-order valence-corrected chi connectivity index (χ2v) is 4.37. The highest BCUT2D eigenvalue weighted by atomic mass is 19.1. The maximum Gasteiger partial charge on any atom is 0.263 e. The van der Waals surface area contributed by atoms with Gasteiger partial charge in [0.05, 0.1) is 5.56 Å². The second kappa shape index (κ2) is 3.84. The molecule has 17 heavy (non-hydrogen) atoms. The highest BCUT2D eigenvalue weighted by Gasteiger charge is 2.25. The molecule has 5 heteroatoms. The fourth-order valence-electron chi connectivity index (χ4n) is 1.79. The van der Waals surface area contributed by atoms with Crippen molar-refractivity contribution in [3.05, 3.63) is 29.8 Å². The van der Waals surface area contributed by atoms with Gasteiger partial charge in [-0.2, -0.15) is 4.98 Å². The molecule has 0 atom stereocenters. The Balaban J connectivity index is 1.94. The van der Waals surface area contributed by atoms with E-state index in [-0.39, 0.29) is 11.5 Å². The molecule has 0 radical (unpaired) electrons. The lowest BCUT2D eigenvalue weighted by molar-refractivity contribution is 0.419. The molecule has 0 amide bonds. The number of nitrogen functional groups attached to an aromatic ring is 1. The molecule has 1 heterocycles. The minimum Gasteiger partial charge on any atom is -0.398 e. The van der Waals surface area contributed by atoms with E-state index in [1.807, 2.05) is 0 Å². The molecule has 3 rings (SSSR count). The van der Waals surface area contributed by atoms with Gasteiger partial charge in [0.1, 0.15) is 5.82 Å². The molecule has 2 aromatic rings. The third-order valence-electron chi connectivity index (χ3n) is 2.90. The molecule has 4 nitrogen and oxygen atoms in total. The summed E-state index contributed by atoms with van der Waals surface area (Å²) in [5, 5.41) is 3.85. The second-order valence-electron chi connectivity index (χ2n) is 4.37. The number of halogens is 1. The summed E-state index contributed by atoms with van der Waals surface area (Å²) in [5.41, 5.74) is 6.22. The number of hydrogen-bond donors (Lipinski definition) is 1. The van der Waals surface area contributed by atoms with Gasteiger partial charge in [0.2, 0.25) is 0 Å². The molecule has 0 aliphatic heterocycles. The van der Waals surface area contributed by atoms with Gasteiger partial charge >= 0.3 is 0 Å². The van der Waals surface area contributed by atoms with Crippen LogP contribution in [0, 0.1) is 11.7 Å². The van der Waals surface area contributed by atoms with Crippen molar-refractivity contribution in [3.8, 4) is 11.5 Å². The lowest BCUT2D eigenvalue weighted by Gasteiger charge is -2.00. The lowest BCUT2D eigenvalue weighted by Crippen LogP contribution is -1.94. The molecule has 0 unspecified atom stereocenters. The molecule has 0 saturated heterocycles. The number of benzene rings is 1. The van der Waals surface area contributed by atoms with Crippen LogP contribution < -0.4 is 5.73 Å². The van der Waals surface area contributed by atoms with Gasteiger partial charge in [-0.3, -0.25) is 0 Å². The van der Waals surface area contributed by atoms with Crippen LogP contribution in [-0.2, 0) is 6.42 Å². The van der Waals surface area contributed by atoms with Gasteiger partial charge in [0, 0.05) is 12.1 Å². The molecule has 1 aliphatic rings. The highest BCUT2D eigenvalue weighted by Crippen LogP contribution is 2.33. The Morgan fingerprint density at radius 1 is 1.41 bits per heavy atom. The summed E-state index contributed by atoms with van der Waals surface area (Å²) in [4.78, 5) is 4.18. The predicted molar refractivity (Wildman–Crippen MR) is 60.5 cm³/mol. The Morgan fingerprint density at radius 3 is 2.94 bits per heavy atom. The summed E-state index contributed by atoms with van der Waals surface area (Å²) in [6, 6.07) is 4.50. The summed E-state index contributed by atoms with van der Waals surface area (Å²) in [6.45, 7) is 0. The van der Waals surface area contributed by atoms with Crippen molar-refractivity contribution in [2.24, 2.45) is 5.92 Å². The number of nitrogens with zero attached hydrogens (tertiary/aromatic N) is 2. The zero-order valence-corrected chi connectivity index (χ0v) is 9.19.